The van der Waals surface area contributed by atoms with Crippen LogP contribution >= 0.6 is 0 Å². The Hall–Kier alpha value is -2.66. The monoisotopic (exact) mass is 325 g/mol. The number of carbonyl (C=O) groups is 2. The fourth-order valence-electron chi connectivity index (χ4n) is 2.42. The number of hydrogen-bond donors (Lipinski definition) is 1. The van der Waals surface area contributed by atoms with E-state index in [1.165, 1.54) is 4.90 Å². The van der Waals surface area contributed by atoms with Crippen LogP contribution in [0.3, 0.4) is 0 Å². The molecule has 1 atom stereocenters. The highest BCUT2D eigenvalue weighted by molar-refractivity contribution is 5.95. The molecule has 0 saturated carbocycles. The standard InChI is InChI=1S/C19H23N3O2/c1-21(2)17(23)14-22(3)18(15-10-6-4-7-11-15)19(24)20-16-12-8-5-9-13-16/h4-13,18H,14H2,1-3H3,(H,20,24). The van der Waals surface area contributed by atoms with Crippen LogP contribution in [0.2, 0.25) is 0 Å². The number of hydrogen-bond acceptors (Lipinski definition) is 3. The first-order chi connectivity index (χ1) is 11.5. The highest BCUT2D eigenvalue weighted by atomic mass is 16.2. The van der Waals surface area contributed by atoms with Crippen molar-refractivity contribution in [3.05, 3.63) is 66.2 Å². The highest BCUT2D eigenvalue weighted by Crippen LogP contribution is 2.21. The smallest absolute Gasteiger partial charge is 0.246 e. The highest BCUT2D eigenvalue weighted by Gasteiger charge is 2.27. The summed E-state index contributed by atoms with van der Waals surface area (Å²) in [7, 11) is 5.19. The minimum atomic E-state index is -0.546. The largest absolute Gasteiger partial charge is 0.348 e. The number of nitrogens with one attached hydrogen (secondary N) is 1. The lowest BCUT2D eigenvalue weighted by atomic mass is 10.0. The Morgan fingerprint density at radius 1 is 0.917 bits per heavy atom. The number of likely N-dealkylation sites (N-methyl/N-ethyl adjacent to an activating group) is 2. The van der Waals surface area contributed by atoms with Crippen molar-refractivity contribution < 1.29 is 9.59 Å². The second-order valence-corrected chi connectivity index (χ2v) is 5.87. The minimum absolute atomic E-state index is 0.0501. The first kappa shape index (κ1) is 17.7. The van der Waals surface area contributed by atoms with Crippen LogP contribution in [0, 0.1) is 0 Å². The van der Waals surface area contributed by atoms with Gasteiger partial charge in [-0.15, -0.1) is 0 Å². The molecule has 2 aromatic rings. The van der Waals surface area contributed by atoms with Gasteiger partial charge in [-0.05, 0) is 24.7 Å². The molecule has 0 aliphatic rings. The van der Waals surface area contributed by atoms with Crippen LogP contribution in [0.4, 0.5) is 5.69 Å². The number of rotatable bonds is 6. The molecule has 5 heteroatoms. The summed E-state index contributed by atoms with van der Waals surface area (Å²) in [4.78, 5) is 28.1. The lowest BCUT2D eigenvalue weighted by Crippen LogP contribution is -2.41. The third kappa shape index (κ3) is 4.67. The molecule has 0 aromatic heterocycles. The molecule has 0 aliphatic heterocycles. The molecule has 24 heavy (non-hydrogen) atoms. The SMILES string of the molecule is CN(C)C(=O)CN(C)C(C(=O)Nc1ccccc1)c1ccccc1. The van der Waals surface area contributed by atoms with E-state index in [1.54, 1.807) is 26.0 Å². The fourth-order valence-corrected chi connectivity index (χ4v) is 2.42. The lowest BCUT2D eigenvalue weighted by Gasteiger charge is -2.28. The average molecular weight is 325 g/mol. The summed E-state index contributed by atoms with van der Waals surface area (Å²) >= 11 is 0. The Balaban J connectivity index is 2.22. The molecule has 0 heterocycles. The molecule has 0 fully saturated rings. The Kier molecular flexibility index (Phi) is 6.09. The molecule has 0 saturated heterocycles. The molecule has 0 aliphatic carbocycles. The first-order valence-electron chi connectivity index (χ1n) is 7.80. The van der Waals surface area contributed by atoms with Crippen molar-refractivity contribution in [3.8, 4) is 0 Å². The van der Waals surface area contributed by atoms with Crippen LogP contribution in [0.1, 0.15) is 11.6 Å². The number of para-hydroxylation sites is 1. The van der Waals surface area contributed by atoms with Gasteiger partial charge in [-0.2, -0.15) is 0 Å². The van der Waals surface area contributed by atoms with Gasteiger partial charge in [-0.1, -0.05) is 48.5 Å². The topological polar surface area (TPSA) is 52.7 Å². The maximum Gasteiger partial charge on any atom is 0.246 e. The summed E-state index contributed by atoms with van der Waals surface area (Å²) in [5.74, 6) is -0.215. The molecule has 1 N–H and O–H groups in total. The summed E-state index contributed by atoms with van der Waals surface area (Å²) in [6, 6.07) is 18.2. The van der Waals surface area contributed by atoms with Gasteiger partial charge in [0.2, 0.25) is 11.8 Å². The molecule has 1 unspecified atom stereocenters. The van der Waals surface area contributed by atoms with Crippen LogP contribution in [0.5, 0.6) is 0 Å². The van der Waals surface area contributed by atoms with Crippen LogP contribution in [0.15, 0.2) is 60.7 Å². The lowest BCUT2D eigenvalue weighted by molar-refractivity contribution is -0.131. The van der Waals surface area contributed by atoms with Crippen molar-refractivity contribution in [1.29, 1.82) is 0 Å². The van der Waals surface area contributed by atoms with Gasteiger partial charge >= 0.3 is 0 Å². The Morgan fingerprint density at radius 2 is 1.46 bits per heavy atom. The summed E-state index contributed by atoms with van der Waals surface area (Å²) in [6.45, 7) is 0.161. The van der Waals surface area contributed by atoms with Crippen LogP contribution in [0.25, 0.3) is 0 Å². The average Bonchev–Trinajstić information content (AvgIpc) is 2.56. The summed E-state index contributed by atoms with van der Waals surface area (Å²) in [5.41, 5.74) is 1.58. The molecule has 0 spiro atoms. The van der Waals surface area contributed by atoms with E-state index in [0.717, 1.165) is 11.3 Å². The summed E-state index contributed by atoms with van der Waals surface area (Å²) in [6.07, 6.45) is 0. The molecule has 2 aromatic carbocycles. The van der Waals surface area contributed by atoms with Crippen LogP contribution < -0.4 is 5.32 Å². The fraction of sp³-hybridized carbons (Fsp3) is 0.263. The van der Waals surface area contributed by atoms with Crippen molar-refractivity contribution >= 4 is 17.5 Å². The maximum absolute atomic E-state index is 12.8. The molecule has 126 valence electrons. The zero-order valence-corrected chi connectivity index (χ0v) is 14.3. The van der Waals surface area contributed by atoms with E-state index in [2.05, 4.69) is 5.32 Å². The van der Waals surface area contributed by atoms with E-state index < -0.39 is 6.04 Å². The maximum atomic E-state index is 12.8. The van der Waals surface area contributed by atoms with Gasteiger partial charge in [0.15, 0.2) is 0 Å². The predicted octanol–water partition coefficient (Wildman–Crippen LogP) is 2.39. The van der Waals surface area contributed by atoms with Crippen molar-refractivity contribution in [3.63, 3.8) is 0 Å². The number of benzene rings is 2. The predicted molar refractivity (Wildman–Crippen MR) is 95.6 cm³/mol. The third-order valence-electron chi connectivity index (χ3n) is 3.73. The van der Waals surface area contributed by atoms with Crippen molar-refractivity contribution in [2.75, 3.05) is 33.0 Å². The zero-order valence-electron chi connectivity index (χ0n) is 14.3. The third-order valence-corrected chi connectivity index (χ3v) is 3.73. The van der Waals surface area contributed by atoms with Gasteiger partial charge in [0.05, 0.1) is 6.54 Å². The first-order valence-corrected chi connectivity index (χ1v) is 7.80. The Bertz CT molecular complexity index is 672. The van der Waals surface area contributed by atoms with E-state index in [4.69, 9.17) is 0 Å². The number of amides is 2. The van der Waals surface area contributed by atoms with Gasteiger partial charge in [-0.25, -0.2) is 0 Å². The van der Waals surface area contributed by atoms with Crippen LogP contribution in [-0.2, 0) is 9.59 Å². The molecule has 2 rings (SSSR count). The van der Waals surface area contributed by atoms with Gasteiger partial charge < -0.3 is 10.2 Å². The zero-order chi connectivity index (χ0) is 17.5. The van der Waals surface area contributed by atoms with E-state index >= 15 is 0 Å². The van der Waals surface area contributed by atoms with E-state index in [1.807, 2.05) is 60.7 Å². The van der Waals surface area contributed by atoms with Gasteiger partial charge in [0.1, 0.15) is 6.04 Å². The Labute approximate surface area is 142 Å². The van der Waals surface area contributed by atoms with E-state index in [9.17, 15) is 9.59 Å². The van der Waals surface area contributed by atoms with E-state index in [-0.39, 0.29) is 18.4 Å². The Morgan fingerprint density at radius 3 is 2.00 bits per heavy atom. The van der Waals surface area contributed by atoms with Gasteiger partial charge in [0, 0.05) is 19.8 Å². The number of anilines is 1. The van der Waals surface area contributed by atoms with Crippen molar-refractivity contribution in [2.45, 2.75) is 6.04 Å². The second kappa shape index (κ2) is 8.26. The summed E-state index contributed by atoms with van der Waals surface area (Å²) in [5, 5.41) is 2.92. The number of nitrogens with zero attached hydrogens (tertiary/aromatic N) is 2. The normalized spacial score (nSPS) is 11.8. The van der Waals surface area contributed by atoms with Gasteiger partial charge in [-0.3, -0.25) is 14.5 Å². The molecule has 2 amide bonds. The molecular weight excluding hydrogens is 302 g/mol. The van der Waals surface area contributed by atoms with Crippen molar-refractivity contribution in [2.24, 2.45) is 0 Å². The quantitative estimate of drug-likeness (QED) is 0.887. The molecular formula is C19H23N3O2. The van der Waals surface area contributed by atoms with Crippen LogP contribution in [-0.4, -0.2) is 49.3 Å². The van der Waals surface area contributed by atoms with E-state index in [0.29, 0.717) is 0 Å². The minimum Gasteiger partial charge on any atom is -0.348 e. The summed E-state index contributed by atoms with van der Waals surface area (Å²) < 4.78 is 0. The number of carbonyl (C=O) groups excluding carboxylic acids is 2. The van der Waals surface area contributed by atoms with Gasteiger partial charge in [0.25, 0.3) is 0 Å². The molecule has 5 nitrogen and oxygen atoms in total. The molecule has 0 bridgehead atoms. The van der Waals surface area contributed by atoms with Crippen molar-refractivity contribution in [1.82, 2.24) is 9.80 Å². The molecule has 0 radical (unpaired) electrons. The second-order valence-electron chi connectivity index (χ2n) is 5.87.